The van der Waals surface area contributed by atoms with Crippen LogP contribution in [0, 0.1) is 5.92 Å². The highest BCUT2D eigenvalue weighted by molar-refractivity contribution is 7.89. The molecule has 116 valence electrons. The fourth-order valence-electron chi connectivity index (χ4n) is 2.38. The molecule has 0 saturated carbocycles. The molecule has 0 aliphatic carbocycles. The van der Waals surface area contributed by atoms with Crippen LogP contribution in [0.4, 0.5) is 5.69 Å². The van der Waals surface area contributed by atoms with Crippen molar-refractivity contribution in [2.45, 2.75) is 19.8 Å². The summed E-state index contributed by atoms with van der Waals surface area (Å²) in [6.45, 7) is 2.43. The molecule has 2 rings (SSSR count). The number of carbonyl (C=O) groups is 1. The molecular weight excluding hydrogens is 312 g/mol. The first kappa shape index (κ1) is 16.3. The molecule has 1 aliphatic heterocycles. The van der Waals surface area contributed by atoms with Crippen LogP contribution in [-0.4, -0.2) is 37.5 Å². The standard InChI is InChI=1S/C14H19ClN2O3S/c1-2-21(19,20)17-9-7-11(8-10-17)14(18)16-13-6-4-3-5-12(13)15/h3-6,11H,2,7-10H2,1H3,(H,16,18). The maximum absolute atomic E-state index is 12.2. The van der Waals surface area contributed by atoms with Gasteiger partial charge in [-0.05, 0) is 31.9 Å². The SMILES string of the molecule is CCS(=O)(=O)N1CCC(C(=O)Nc2ccccc2Cl)CC1. The summed E-state index contributed by atoms with van der Waals surface area (Å²) in [6.07, 6.45) is 1.07. The van der Waals surface area contributed by atoms with Gasteiger partial charge < -0.3 is 5.32 Å². The molecule has 1 aromatic rings. The van der Waals surface area contributed by atoms with E-state index in [2.05, 4.69) is 5.32 Å². The average Bonchev–Trinajstić information content (AvgIpc) is 2.49. The molecule has 21 heavy (non-hydrogen) atoms. The maximum Gasteiger partial charge on any atom is 0.227 e. The van der Waals surface area contributed by atoms with E-state index in [9.17, 15) is 13.2 Å². The Hall–Kier alpha value is -1.11. The molecule has 0 atom stereocenters. The molecular formula is C14H19ClN2O3S. The molecule has 1 fully saturated rings. The second kappa shape index (κ2) is 6.77. The van der Waals surface area contributed by atoms with Crippen molar-refractivity contribution in [3.05, 3.63) is 29.3 Å². The minimum absolute atomic E-state index is 0.100. The highest BCUT2D eigenvalue weighted by Crippen LogP contribution is 2.24. The lowest BCUT2D eigenvalue weighted by Gasteiger charge is -2.30. The third-order valence-electron chi connectivity index (χ3n) is 3.71. The highest BCUT2D eigenvalue weighted by atomic mass is 35.5. The first-order valence-electron chi connectivity index (χ1n) is 6.97. The van der Waals surface area contributed by atoms with Crippen LogP contribution in [-0.2, 0) is 14.8 Å². The van der Waals surface area contributed by atoms with Gasteiger partial charge in [0.15, 0.2) is 0 Å². The van der Waals surface area contributed by atoms with E-state index in [1.165, 1.54) is 4.31 Å². The van der Waals surface area contributed by atoms with E-state index in [-0.39, 0.29) is 17.6 Å². The average molecular weight is 331 g/mol. The Bertz CT molecular complexity index is 610. The second-order valence-electron chi connectivity index (χ2n) is 5.04. The van der Waals surface area contributed by atoms with Gasteiger partial charge in [0.1, 0.15) is 0 Å². The highest BCUT2D eigenvalue weighted by Gasteiger charge is 2.30. The number of anilines is 1. The third-order valence-corrected chi connectivity index (χ3v) is 5.93. The van der Waals surface area contributed by atoms with E-state index in [0.29, 0.717) is 36.6 Å². The van der Waals surface area contributed by atoms with Crippen LogP contribution in [0.2, 0.25) is 5.02 Å². The fraction of sp³-hybridized carbons (Fsp3) is 0.500. The summed E-state index contributed by atoms with van der Waals surface area (Å²) in [4.78, 5) is 12.2. The normalized spacial score (nSPS) is 17.6. The lowest BCUT2D eigenvalue weighted by atomic mass is 9.97. The Balaban J connectivity index is 1.94. The van der Waals surface area contributed by atoms with Gasteiger partial charge in [-0.2, -0.15) is 0 Å². The van der Waals surface area contributed by atoms with Gasteiger partial charge in [-0.25, -0.2) is 12.7 Å². The van der Waals surface area contributed by atoms with Crippen molar-refractivity contribution in [3.8, 4) is 0 Å². The van der Waals surface area contributed by atoms with Crippen LogP contribution in [0.3, 0.4) is 0 Å². The topological polar surface area (TPSA) is 66.5 Å². The lowest BCUT2D eigenvalue weighted by Crippen LogP contribution is -2.42. The molecule has 1 heterocycles. The number of benzene rings is 1. The Morgan fingerprint density at radius 1 is 1.33 bits per heavy atom. The summed E-state index contributed by atoms with van der Waals surface area (Å²) >= 11 is 6.01. The zero-order valence-electron chi connectivity index (χ0n) is 11.9. The Morgan fingerprint density at radius 2 is 1.95 bits per heavy atom. The van der Waals surface area contributed by atoms with Crippen molar-refractivity contribution in [2.24, 2.45) is 5.92 Å². The number of piperidine rings is 1. The molecule has 0 bridgehead atoms. The molecule has 1 saturated heterocycles. The number of hydrogen-bond acceptors (Lipinski definition) is 3. The zero-order valence-corrected chi connectivity index (χ0v) is 13.5. The molecule has 0 spiro atoms. The number of nitrogens with zero attached hydrogens (tertiary/aromatic N) is 1. The summed E-state index contributed by atoms with van der Waals surface area (Å²) in [5, 5.41) is 3.31. The Morgan fingerprint density at radius 3 is 2.52 bits per heavy atom. The predicted octanol–water partition coefficient (Wildman–Crippen LogP) is 2.34. The number of rotatable bonds is 4. The lowest BCUT2D eigenvalue weighted by molar-refractivity contribution is -0.120. The Labute approximate surface area is 130 Å². The van der Waals surface area contributed by atoms with E-state index in [1.807, 2.05) is 0 Å². The molecule has 7 heteroatoms. The minimum Gasteiger partial charge on any atom is -0.325 e. The molecule has 5 nitrogen and oxygen atoms in total. The van der Waals surface area contributed by atoms with Gasteiger partial charge in [0.2, 0.25) is 15.9 Å². The number of halogens is 1. The smallest absolute Gasteiger partial charge is 0.227 e. The number of nitrogens with one attached hydrogen (secondary N) is 1. The van der Waals surface area contributed by atoms with E-state index >= 15 is 0 Å². The molecule has 1 N–H and O–H groups in total. The van der Waals surface area contributed by atoms with Crippen LogP contribution >= 0.6 is 11.6 Å². The predicted molar refractivity (Wildman–Crippen MR) is 83.8 cm³/mol. The quantitative estimate of drug-likeness (QED) is 0.921. The number of amides is 1. The van der Waals surface area contributed by atoms with Crippen LogP contribution in [0.1, 0.15) is 19.8 Å². The van der Waals surface area contributed by atoms with Crippen molar-refractivity contribution >= 4 is 33.2 Å². The summed E-state index contributed by atoms with van der Waals surface area (Å²) in [5.74, 6) is -0.176. The van der Waals surface area contributed by atoms with Crippen LogP contribution in [0.15, 0.2) is 24.3 Å². The molecule has 0 radical (unpaired) electrons. The first-order chi connectivity index (χ1) is 9.94. The minimum atomic E-state index is -3.16. The van der Waals surface area contributed by atoms with Gasteiger partial charge in [0, 0.05) is 19.0 Å². The van der Waals surface area contributed by atoms with Gasteiger partial charge in [0.05, 0.1) is 16.5 Å². The first-order valence-corrected chi connectivity index (χ1v) is 8.96. The zero-order chi connectivity index (χ0) is 15.5. The van der Waals surface area contributed by atoms with Gasteiger partial charge in [-0.1, -0.05) is 23.7 Å². The monoisotopic (exact) mass is 330 g/mol. The summed E-state index contributed by atoms with van der Waals surface area (Å²) < 4.78 is 25.0. The van der Waals surface area contributed by atoms with E-state index in [1.54, 1.807) is 31.2 Å². The third kappa shape index (κ3) is 3.96. The number of para-hydroxylation sites is 1. The van der Waals surface area contributed by atoms with E-state index in [0.717, 1.165) is 0 Å². The van der Waals surface area contributed by atoms with Crippen LogP contribution in [0.25, 0.3) is 0 Å². The Kier molecular flexibility index (Phi) is 5.24. The van der Waals surface area contributed by atoms with Crippen molar-refractivity contribution in [3.63, 3.8) is 0 Å². The van der Waals surface area contributed by atoms with Crippen LogP contribution < -0.4 is 5.32 Å². The summed E-state index contributed by atoms with van der Waals surface area (Å²) in [5.41, 5.74) is 0.591. The molecule has 1 amide bonds. The fourth-order valence-corrected chi connectivity index (χ4v) is 3.69. The van der Waals surface area contributed by atoms with Gasteiger partial charge >= 0.3 is 0 Å². The second-order valence-corrected chi connectivity index (χ2v) is 7.71. The molecule has 0 unspecified atom stereocenters. The molecule has 0 aromatic heterocycles. The maximum atomic E-state index is 12.2. The number of hydrogen-bond donors (Lipinski definition) is 1. The van der Waals surface area contributed by atoms with E-state index < -0.39 is 10.0 Å². The van der Waals surface area contributed by atoms with Crippen molar-refractivity contribution < 1.29 is 13.2 Å². The number of carbonyl (C=O) groups excluding carboxylic acids is 1. The molecule has 1 aromatic carbocycles. The number of sulfonamides is 1. The molecule has 1 aliphatic rings. The largest absolute Gasteiger partial charge is 0.325 e. The van der Waals surface area contributed by atoms with Crippen molar-refractivity contribution in [1.29, 1.82) is 0 Å². The van der Waals surface area contributed by atoms with Crippen molar-refractivity contribution in [2.75, 3.05) is 24.2 Å². The van der Waals surface area contributed by atoms with Gasteiger partial charge in [-0.15, -0.1) is 0 Å². The van der Waals surface area contributed by atoms with E-state index in [4.69, 9.17) is 11.6 Å². The van der Waals surface area contributed by atoms with Crippen LogP contribution in [0.5, 0.6) is 0 Å². The van der Waals surface area contributed by atoms with Crippen molar-refractivity contribution in [1.82, 2.24) is 4.31 Å². The summed E-state index contributed by atoms with van der Waals surface area (Å²) in [6, 6.07) is 7.06. The van der Waals surface area contributed by atoms with Gasteiger partial charge in [-0.3, -0.25) is 4.79 Å². The summed E-state index contributed by atoms with van der Waals surface area (Å²) in [7, 11) is -3.16. The van der Waals surface area contributed by atoms with Gasteiger partial charge in [0.25, 0.3) is 0 Å².